The maximum Gasteiger partial charge on any atom is 0.409 e. The third-order valence-corrected chi connectivity index (χ3v) is 3.86. The molecule has 0 aliphatic carbocycles. The number of halogens is 1. The SMILES string of the molecule is CCOC(=O)N1CCC(=NNC(=O)COc2cccc(Br)c2)CC1. The molecule has 1 aromatic rings. The van der Waals surface area contributed by atoms with E-state index in [0.717, 1.165) is 10.2 Å². The molecule has 0 bridgehead atoms. The summed E-state index contributed by atoms with van der Waals surface area (Å²) < 4.78 is 11.2. The Bertz CT molecular complexity index is 611. The van der Waals surface area contributed by atoms with Crippen molar-refractivity contribution < 1.29 is 19.1 Å². The quantitative estimate of drug-likeness (QED) is 0.774. The fourth-order valence-electron chi connectivity index (χ4n) is 2.15. The van der Waals surface area contributed by atoms with Gasteiger partial charge in [-0.2, -0.15) is 5.10 Å². The van der Waals surface area contributed by atoms with E-state index in [1.165, 1.54) is 0 Å². The second-order valence-corrected chi connectivity index (χ2v) is 6.06. The summed E-state index contributed by atoms with van der Waals surface area (Å²) >= 11 is 3.34. The summed E-state index contributed by atoms with van der Waals surface area (Å²) in [5.74, 6) is 0.283. The van der Waals surface area contributed by atoms with Crippen molar-refractivity contribution in [2.45, 2.75) is 19.8 Å². The van der Waals surface area contributed by atoms with Crippen LogP contribution in [0.4, 0.5) is 4.79 Å². The van der Waals surface area contributed by atoms with Crippen LogP contribution in [-0.2, 0) is 9.53 Å². The van der Waals surface area contributed by atoms with E-state index in [2.05, 4.69) is 26.5 Å². The average molecular weight is 398 g/mol. The molecule has 0 atom stereocenters. The lowest BCUT2D eigenvalue weighted by molar-refractivity contribution is -0.123. The summed E-state index contributed by atoms with van der Waals surface area (Å²) in [6.45, 7) is 3.12. The van der Waals surface area contributed by atoms with Crippen molar-refractivity contribution in [1.82, 2.24) is 10.3 Å². The van der Waals surface area contributed by atoms with Gasteiger partial charge in [0.15, 0.2) is 6.61 Å². The third-order valence-electron chi connectivity index (χ3n) is 3.37. The number of hydrogen-bond acceptors (Lipinski definition) is 5. The summed E-state index contributed by atoms with van der Waals surface area (Å²) in [5, 5.41) is 4.10. The number of carbonyl (C=O) groups is 2. The molecule has 1 heterocycles. The van der Waals surface area contributed by atoms with Crippen LogP contribution in [0.1, 0.15) is 19.8 Å². The van der Waals surface area contributed by atoms with Crippen molar-refractivity contribution in [2.24, 2.45) is 5.10 Å². The van der Waals surface area contributed by atoms with E-state index in [1.807, 2.05) is 12.1 Å². The smallest absolute Gasteiger partial charge is 0.409 e. The van der Waals surface area contributed by atoms with Gasteiger partial charge in [0.05, 0.1) is 6.61 Å². The van der Waals surface area contributed by atoms with Crippen LogP contribution in [0.5, 0.6) is 5.75 Å². The number of nitrogens with zero attached hydrogens (tertiary/aromatic N) is 2. The van der Waals surface area contributed by atoms with Gasteiger partial charge in [-0.25, -0.2) is 10.2 Å². The second kappa shape index (κ2) is 9.27. The average Bonchev–Trinajstić information content (AvgIpc) is 2.59. The highest BCUT2D eigenvalue weighted by Gasteiger charge is 2.20. The van der Waals surface area contributed by atoms with Crippen molar-refractivity contribution in [3.8, 4) is 5.75 Å². The molecule has 0 saturated carbocycles. The van der Waals surface area contributed by atoms with Crippen LogP contribution in [0.15, 0.2) is 33.8 Å². The minimum absolute atomic E-state index is 0.109. The molecule has 2 rings (SSSR count). The van der Waals surface area contributed by atoms with Crippen molar-refractivity contribution in [3.63, 3.8) is 0 Å². The number of hydrazone groups is 1. The van der Waals surface area contributed by atoms with Gasteiger partial charge < -0.3 is 14.4 Å². The first kappa shape index (κ1) is 18.3. The van der Waals surface area contributed by atoms with E-state index < -0.39 is 0 Å². The summed E-state index contributed by atoms with van der Waals surface area (Å²) in [4.78, 5) is 25.0. The molecule has 1 aliphatic heterocycles. The molecular formula is C16H20BrN3O4. The van der Waals surface area contributed by atoms with Gasteiger partial charge in [-0.15, -0.1) is 0 Å². The molecule has 2 amide bonds. The molecule has 0 aromatic heterocycles. The number of benzene rings is 1. The molecule has 0 unspecified atom stereocenters. The van der Waals surface area contributed by atoms with E-state index in [1.54, 1.807) is 24.0 Å². The van der Waals surface area contributed by atoms with Crippen LogP contribution in [0.3, 0.4) is 0 Å². The van der Waals surface area contributed by atoms with E-state index in [-0.39, 0.29) is 18.6 Å². The minimum Gasteiger partial charge on any atom is -0.484 e. The normalized spacial score (nSPS) is 14.1. The largest absolute Gasteiger partial charge is 0.484 e. The molecule has 130 valence electrons. The molecule has 0 radical (unpaired) electrons. The van der Waals surface area contributed by atoms with Crippen LogP contribution in [0.25, 0.3) is 0 Å². The summed E-state index contributed by atoms with van der Waals surface area (Å²) in [6, 6.07) is 7.26. The van der Waals surface area contributed by atoms with Crippen LogP contribution in [0.2, 0.25) is 0 Å². The van der Waals surface area contributed by atoms with Gasteiger partial charge in [-0.3, -0.25) is 4.79 Å². The van der Waals surface area contributed by atoms with Crippen LogP contribution in [0, 0.1) is 0 Å². The predicted molar refractivity (Wildman–Crippen MR) is 93.0 cm³/mol. The van der Waals surface area contributed by atoms with Gasteiger partial charge in [-0.1, -0.05) is 22.0 Å². The van der Waals surface area contributed by atoms with Crippen molar-refractivity contribution in [3.05, 3.63) is 28.7 Å². The summed E-state index contributed by atoms with van der Waals surface area (Å²) in [6.07, 6.45) is 0.931. The maximum atomic E-state index is 11.8. The first-order valence-electron chi connectivity index (χ1n) is 7.73. The number of likely N-dealkylation sites (tertiary alicyclic amines) is 1. The molecular weight excluding hydrogens is 378 g/mol. The molecule has 8 heteroatoms. The molecule has 24 heavy (non-hydrogen) atoms. The third kappa shape index (κ3) is 5.84. The van der Waals surface area contributed by atoms with Gasteiger partial charge in [0, 0.05) is 36.1 Å². The fourth-order valence-corrected chi connectivity index (χ4v) is 2.53. The number of hydrogen-bond donors (Lipinski definition) is 1. The number of rotatable bonds is 5. The summed E-state index contributed by atoms with van der Waals surface area (Å²) in [5.41, 5.74) is 3.34. The van der Waals surface area contributed by atoms with Gasteiger partial charge >= 0.3 is 6.09 Å². The predicted octanol–water partition coefficient (Wildman–Crippen LogP) is 2.55. The van der Waals surface area contributed by atoms with Gasteiger partial charge in [0.25, 0.3) is 5.91 Å². The number of amides is 2. The molecule has 1 aliphatic rings. The molecule has 1 aromatic carbocycles. The molecule has 1 saturated heterocycles. The van der Waals surface area contributed by atoms with Gasteiger partial charge in [-0.05, 0) is 25.1 Å². The first-order valence-corrected chi connectivity index (χ1v) is 8.52. The molecule has 0 spiro atoms. The highest BCUT2D eigenvalue weighted by molar-refractivity contribution is 9.10. The van der Waals surface area contributed by atoms with E-state index in [9.17, 15) is 9.59 Å². The number of ether oxygens (including phenoxy) is 2. The van der Waals surface area contributed by atoms with E-state index in [0.29, 0.717) is 38.3 Å². The lowest BCUT2D eigenvalue weighted by atomic mass is 10.1. The fraction of sp³-hybridized carbons (Fsp3) is 0.438. The Morgan fingerprint density at radius 1 is 1.33 bits per heavy atom. The second-order valence-electron chi connectivity index (χ2n) is 5.15. The highest BCUT2D eigenvalue weighted by atomic mass is 79.9. The zero-order chi connectivity index (χ0) is 17.4. The summed E-state index contributed by atoms with van der Waals surface area (Å²) in [7, 11) is 0. The molecule has 7 nitrogen and oxygen atoms in total. The van der Waals surface area contributed by atoms with E-state index in [4.69, 9.17) is 9.47 Å². The van der Waals surface area contributed by atoms with Crippen LogP contribution in [-0.4, -0.2) is 48.9 Å². The monoisotopic (exact) mass is 397 g/mol. The van der Waals surface area contributed by atoms with Crippen LogP contribution < -0.4 is 10.2 Å². The zero-order valence-electron chi connectivity index (χ0n) is 13.5. The Morgan fingerprint density at radius 3 is 2.75 bits per heavy atom. The zero-order valence-corrected chi connectivity index (χ0v) is 15.0. The highest BCUT2D eigenvalue weighted by Crippen LogP contribution is 2.17. The molecule has 1 fully saturated rings. The molecule has 1 N–H and O–H groups in total. The van der Waals surface area contributed by atoms with Gasteiger partial charge in [0.1, 0.15) is 5.75 Å². The van der Waals surface area contributed by atoms with Crippen molar-refractivity contribution in [1.29, 1.82) is 0 Å². The number of piperidine rings is 1. The van der Waals surface area contributed by atoms with Crippen LogP contribution >= 0.6 is 15.9 Å². The lowest BCUT2D eigenvalue weighted by Gasteiger charge is -2.26. The van der Waals surface area contributed by atoms with E-state index >= 15 is 0 Å². The number of carbonyl (C=O) groups excluding carboxylic acids is 2. The van der Waals surface area contributed by atoms with Gasteiger partial charge in [0.2, 0.25) is 0 Å². The Kier molecular flexibility index (Phi) is 7.05. The number of nitrogens with one attached hydrogen (secondary N) is 1. The maximum absolute atomic E-state index is 11.8. The lowest BCUT2D eigenvalue weighted by Crippen LogP contribution is -2.39. The van der Waals surface area contributed by atoms with Crippen molar-refractivity contribution >= 4 is 33.6 Å². The Morgan fingerprint density at radius 2 is 2.08 bits per heavy atom. The first-order chi connectivity index (χ1) is 11.6. The standard InChI is InChI=1S/C16H20BrN3O4/c1-2-23-16(22)20-8-6-13(7-9-20)18-19-15(21)11-24-14-5-3-4-12(17)10-14/h3-5,10H,2,6-9,11H2,1H3,(H,19,21). The Hall–Kier alpha value is -2.09. The van der Waals surface area contributed by atoms with Crippen molar-refractivity contribution in [2.75, 3.05) is 26.3 Å². The Balaban J connectivity index is 1.71. The topological polar surface area (TPSA) is 80.2 Å². The Labute approximate surface area is 149 Å². The minimum atomic E-state index is -0.324.